The van der Waals surface area contributed by atoms with Crippen molar-refractivity contribution in [2.75, 3.05) is 11.9 Å². The molecule has 0 radical (unpaired) electrons. The molecule has 0 aliphatic carbocycles. The maximum Gasteiger partial charge on any atom is 0.263 e. The van der Waals surface area contributed by atoms with E-state index in [1.54, 1.807) is 24.4 Å². The van der Waals surface area contributed by atoms with Gasteiger partial charge in [0.1, 0.15) is 11.6 Å². The van der Waals surface area contributed by atoms with Crippen LogP contribution in [0, 0.1) is 13.8 Å². The zero-order valence-electron chi connectivity index (χ0n) is 11.3. The summed E-state index contributed by atoms with van der Waals surface area (Å²) in [7, 11) is 0. The van der Waals surface area contributed by atoms with Gasteiger partial charge in [-0.1, -0.05) is 17.7 Å². The van der Waals surface area contributed by atoms with Gasteiger partial charge in [0.15, 0.2) is 6.61 Å². The molecule has 2 aromatic rings. The highest BCUT2D eigenvalue weighted by atomic mass is 35.5. The van der Waals surface area contributed by atoms with Gasteiger partial charge in [0.2, 0.25) is 0 Å². The lowest BCUT2D eigenvalue weighted by atomic mass is 10.2. The highest BCUT2D eigenvalue weighted by Gasteiger charge is 2.07. The lowest BCUT2D eigenvalue weighted by molar-refractivity contribution is -0.118. The van der Waals surface area contributed by atoms with Gasteiger partial charge in [-0.2, -0.15) is 0 Å². The molecule has 0 spiro atoms. The van der Waals surface area contributed by atoms with E-state index >= 15 is 0 Å². The third kappa shape index (κ3) is 3.71. The minimum absolute atomic E-state index is 0.0709. The van der Waals surface area contributed by atoms with E-state index in [1.165, 1.54) is 0 Å². The van der Waals surface area contributed by atoms with Gasteiger partial charge in [-0.3, -0.25) is 4.79 Å². The molecule has 1 aromatic heterocycles. The van der Waals surface area contributed by atoms with Crippen LogP contribution >= 0.6 is 11.6 Å². The van der Waals surface area contributed by atoms with Crippen molar-refractivity contribution in [3.05, 3.63) is 52.7 Å². The predicted molar refractivity (Wildman–Crippen MR) is 79.3 cm³/mol. The van der Waals surface area contributed by atoms with Crippen LogP contribution in [0.1, 0.15) is 11.1 Å². The van der Waals surface area contributed by atoms with E-state index in [2.05, 4.69) is 10.3 Å². The van der Waals surface area contributed by atoms with Gasteiger partial charge in [-0.05, 0) is 49.2 Å². The third-order valence-electron chi connectivity index (χ3n) is 2.76. The maximum atomic E-state index is 11.8. The van der Waals surface area contributed by atoms with E-state index in [9.17, 15) is 4.79 Å². The number of aromatic nitrogens is 1. The topological polar surface area (TPSA) is 51.2 Å². The van der Waals surface area contributed by atoms with Crippen molar-refractivity contribution in [2.45, 2.75) is 13.8 Å². The zero-order valence-corrected chi connectivity index (χ0v) is 12.1. The van der Waals surface area contributed by atoms with Crippen LogP contribution in [0.4, 0.5) is 5.82 Å². The molecule has 0 unspecified atom stereocenters. The van der Waals surface area contributed by atoms with Crippen LogP contribution in [-0.4, -0.2) is 17.5 Å². The minimum atomic E-state index is -0.249. The molecule has 4 nitrogen and oxygen atoms in total. The second kappa shape index (κ2) is 6.39. The Labute approximate surface area is 122 Å². The molecule has 0 bridgehead atoms. The number of hydrogen-bond donors (Lipinski definition) is 1. The number of pyridine rings is 1. The number of rotatable bonds is 4. The van der Waals surface area contributed by atoms with Gasteiger partial charge in [0.05, 0.1) is 0 Å². The first-order valence-corrected chi connectivity index (χ1v) is 6.54. The molecule has 2 rings (SSSR count). The van der Waals surface area contributed by atoms with Crippen molar-refractivity contribution in [1.82, 2.24) is 4.98 Å². The van der Waals surface area contributed by atoms with Gasteiger partial charge in [0.25, 0.3) is 5.91 Å². The molecule has 5 heteroatoms. The van der Waals surface area contributed by atoms with Crippen molar-refractivity contribution in [1.29, 1.82) is 0 Å². The first-order chi connectivity index (χ1) is 9.56. The standard InChI is InChI=1S/C15H15ClN2O2/c1-10-4-3-7-17-15(10)18-14(19)9-20-13-6-5-12(16)8-11(13)2/h3-8H,9H2,1-2H3,(H,17,18,19). The van der Waals surface area contributed by atoms with E-state index in [-0.39, 0.29) is 12.5 Å². The molecule has 1 N–H and O–H groups in total. The Morgan fingerprint density at radius 2 is 2.10 bits per heavy atom. The van der Waals surface area contributed by atoms with Crippen molar-refractivity contribution >= 4 is 23.3 Å². The highest BCUT2D eigenvalue weighted by molar-refractivity contribution is 6.30. The normalized spacial score (nSPS) is 10.2. The molecule has 20 heavy (non-hydrogen) atoms. The second-order valence-electron chi connectivity index (χ2n) is 4.42. The maximum absolute atomic E-state index is 11.8. The smallest absolute Gasteiger partial charge is 0.263 e. The Hall–Kier alpha value is -2.07. The summed E-state index contributed by atoms with van der Waals surface area (Å²) < 4.78 is 5.47. The van der Waals surface area contributed by atoms with E-state index in [1.807, 2.05) is 26.0 Å². The van der Waals surface area contributed by atoms with Crippen molar-refractivity contribution in [3.8, 4) is 5.75 Å². The molecular formula is C15H15ClN2O2. The first-order valence-electron chi connectivity index (χ1n) is 6.16. The lowest BCUT2D eigenvalue weighted by Gasteiger charge is -2.10. The number of ether oxygens (including phenoxy) is 1. The average Bonchev–Trinajstić information content (AvgIpc) is 2.40. The SMILES string of the molecule is Cc1cc(Cl)ccc1OCC(=O)Nc1ncccc1C. The van der Waals surface area contributed by atoms with Crippen LogP contribution in [0.5, 0.6) is 5.75 Å². The molecule has 1 heterocycles. The molecule has 1 amide bonds. The van der Waals surface area contributed by atoms with Crippen molar-refractivity contribution < 1.29 is 9.53 Å². The first kappa shape index (κ1) is 14.3. The summed E-state index contributed by atoms with van der Waals surface area (Å²) in [4.78, 5) is 15.9. The average molecular weight is 291 g/mol. The van der Waals surface area contributed by atoms with Crippen LogP contribution in [0.25, 0.3) is 0 Å². The van der Waals surface area contributed by atoms with Crippen LogP contribution in [0.2, 0.25) is 5.02 Å². The molecule has 0 aliphatic heterocycles. The summed E-state index contributed by atoms with van der Waals surface area (Å²) in [5.74, 6) is 0.942. The zero-order chi connectivity index (χ0) is 14.5. The summed E-state index contributed by atoms with van der Waals surface area (Å²) in [6, 6.07) is 8.96. The summed E-state index contributed by atoms with van der Waals surface area (Å²) in [6.45, 7) is 3.69. The Morgan fingerprint density at radius 3 is 2.80 bits per heavy atom. The number of amides is 1. The van der Waals surface area contributed by atoms with Crippen LogP contribution < -0.4 is 10.1 Å². The van der Waals surface area contributed by atoms with Gasteiger partial charge in [0, 0.05) is 11.2 Å². The number of nitrogens with one attached hydrogen (secondary N) is 1. The van der Waals surface area contributed by atoms with Crippen molar-refractivity contribution in [3.63, 3.8) is 0 Å². The predicted octanol–water partition coefficient (Wildman–Crippen LogP) is 3.37. The summed E-state index contributed by atoms with van der Waals surface area (Å²) >= 11 is 5.86. The number of hydrogen-bond acceptors (Lipinski definition) is 3. The molecule has 0 fully saturated rings. The highest BCUT2D eigenvalue weighted by Crippen LogP contribution is 2.21. The fourth-order valence-corrected chi connectivity index (χ4v) is 1.93. The molecular weight excluding hydrogens is 276 g/mol. The fourth-order valence-electron chi connectivity index (χ4n) is 1.70. The number of halogens is 1. The number of carbonyl (C=O) groups is 1. The van der Waals surface area contributed by atoms with E-state index in [4.69, 9.17) is 16.3 Å². The number of carbonyl (C=O) groups excluding carboxylic acids is 1. The second-order valence-corrected chi connectivity index (χ2v) is 4.85. The Morgan fingerprint density at radius 1 is 1.30 bits per heavy atom. The molecule has 0 saturated heterocycles. The van der Waals surface area contributed by atoms with Crippen LogP contribution in [0.3, 0.4) is 0 Å². The van der Waals surface area contributed by atoms with Crippen LogP contribution in [0.15, 0.2) is 36.5 Å². The molecule has 0 saturated carbocycles. The molecule has 1 aromatic carbocycles. The van der Waals surface area contributed by atoms with Gasteiger partial charge >= 0.3 is 0 Å². The van der Waals surface area contributed by atoms with Crippen LogP contribution in [-0.2, 0) is 4.79 Å². The molecule has 0 atom stereocenters. The number of anilines is 1. The quantitative estimate of drug-likeness (QED) is 0.939. The monoisotopic (exact) mass is 290 g/mol. The number of benzene rings is 1. The summed E-state index contributed by atoms with van der Waals surface area (Å²) in [5.41, 5.74) is 1.79. The van der Waals surface area contributed by atoms with Crippen molar-refractivity contribution in [2.24, 2.45) is 0 Å². The number of nitrogens with zero attached hydrogens (tertiary/aromatic N) is 1. The van der Waals surface area contributed by atoms with E-state index < -0.39 is 0 Å². The molecule has 0 aliphatic rings. The Balaban J connectivity index is 1.94. The lowest BCUT2D eigenvalue weighted by Crippen LogP contribution is -2.21. The third-order valence-corrected chi connectivity index (χ3v) is 3.00. The van der Waals surface area contributed by atoms with Gasteiger partial charge in [-0.25, -0.2) is 4.98 Å². The number of aryl methyl sites for hydroxylation is 2. The van der Waals surface area contributed by atoms with Gasteiger partial charge in [-0.15, -0.1) is 0 Å². The summed E-state index contributed by atoms with van der Waals surface area (Å²) in [6.07, 6.45) is 1.63. The van der Waals surface area contributed by atoms with E-state index in [0.717, 1.165) is 11.1 Å². The molecule has 104 valence electrons. The van der Waals surface area contributed by atoms with E-state index in [0.29, 0.717) is 16.6 Å². The van der Waals surface area contributed by atoms with Gasteiger partial charge < -0.3 is 10.1 Å². The largest absolute Gasteiger partial charge is 0.483 e. The fraction of sp³-hybridized carbons (Fsp3) is 0.200. The summed E-state index contributed by atoms with van der Waals surface area (Å²) in [5, 5.41) is 3.35. The Bertz CT molecular complexity index is 629. The Kier molecular flexibility index (Phi) is 4.58. The minimum Gasteiger partial charge on any atom is -0.483 e.